The van der Waals surface area contributed by atoms with Gasteiger partial charge in [-0.1, -0.05) is 0 Å². The highest BCUT2D eigenvalue weighted by Crippen LogP contribution is 1.92. The topological polar surface area (TPSA) is 52.9 Å². The van der Waals surface area contributed by atoms with Crippen LogP contribution in [0.3, 0.4) is 0 Å². The van der Waals surface area contributed by atoms with Gasteiger partial charge in [0.05, 0.1) is 18.2 Å². The molecule has 0 saturated carbocycles. The van der Waals surface area contributed by atoms with Crippen LogP contribution in [0, 0.1) is 11.3 Å². The smallest absolute Gasteiger partial charge is 0.230 e. The maximum Gasteiger partial charge on any atom is 0.230 e. The molecule has 1 N–H and O–H groups in total. The third kappa shape index (κ3) is 5.74. The van der Waals surface area contributed by atoms with Crippen LogP contribution in [0.4, 0.5) is 0 Å². The summed E-state index contributed by atoms with van der Waals surface area (Å²) < 4.78 is 0. The second-order valence-electron chi connectivity index (χ2n) is 2.26. The largest absolute Gasteiger partial charge is 0.352 e. The molecule has 0 saturated heterocycles. The zero-order chi connectivity index (χ0) is 8.69. The highest BCUT2D eigenvalue weighted by molar-refractivity contribution is 7.99. The first-order chi connectivity index (χ1) is 5.20. The maximum atomic E-state index is 10.9. The zero-order valence-corrected chi connectivity index (χ0v) is 7.57. The quantitative estimate of drug-likeness (QED) is 0.681. The summed E-state index contributed by atoms with van der Waals surface area (Å²) in [7, 11) is 0. The van der Waals surface area contributed by atoms with Crippen molar-refractivity contribution in [3.8, 4) is 6.07 Å². The number of amides is 1. The zero-order valence-electron chi connectivity index (χ0n) is 6.76. The lowest BCUT2D eigenvalue weighted by molar-refractivity contribution is -0.119. The van der Waals surface area contributed by atoms with Crippen molar-refractivity contribution in [3.05, 3.63) is 0 Å². The third-order valence-electron chi connectivity index (χ3n) is 1.08. The lowest BCUT2D eigenvalue weighted by atomic mass is 10.2. The SMILES string of the molecule is CSCC(=O)NC(C)CC#N. The molecule has 1 atom stereocenters. The minimum atomic E-state index is -0.0281. The first-order valence-electron chi connectivity index (χ1n) is 3.36. The molecule has 0 aliphatic carbocycles. The molecule has 0 aromatic rings. The Labute approximate surface area is 71.2 Å². The molecule has 0 aromatic heterocycles. The van der Waals surface area contributed by atoms with Crippen molar-refractivity contribution < 1.29 is 4.79 Å². The second kappa shape index (κ2) is 6.05. The molecule has 0 bridgehead atoms. The molecule has 0 fully saturated rings. The average molecular weight is 172 g/mol. The number of nitriles is 1. The van der Waals surface area contributed by atoms with Crippen LogP contribution < -0.4 is 5.32 Å². The number of thioether (sulfide) groups is 1. The molecule has 0 aliphatic heterocycles. The summed E-state index contributed by atoms with van der Waals surface area (Å²) in [5.74, 6) is 0.468. The van der Waals surface area contributed by atoms with Gasteiger partial charge in [-0.15, -0.1) is 0 Å². The number of nitrogens with zero attached hydrogens (tertiary/aromatic N) is 1. The Morgan fingerprint density at radius 2 is 2.45 bits per heavy atom. The standard InChI is InChI=1S/C7H12N2OS/c1-6(3-4-8)9-7(10)5-11-2/h6H,3,5H2,1-2H3,(H,9,10). The Kier molecular flexibility index (Phi) is 5.67. The van der Waals surface area contributed by atoms with Crippen LogP contribution in [0.1, 0.15) is 13.3 Å². The van der Waals surface area contributed by atoms with E-state index in [9.17, 15) is 4.79 Å². The Bertz CT molecular complexity index is 164. The molecule has 0 aromatic carbocycles. The summed E-state index contributed by atoms with van der Waals surface area (Å²) in [5.41, 5.74) is 0. The van der Waals surface area contributed by atoms with Crippen LogP contribution in [0.25, 0.3) is 0 Å². The van der Waals surface area contributed by atoms with Crippen molar-refractivity contribution in [2.45, 2.75) is 19.4 Å². The third-order valence-corrected chi connectivity index (χ3v) is 1.63. The Morgan fingerprint density at radius 3 is 2.91 bits per heavy atom. The minimum Gasteiger partial charge on any atom is -0.352 e. The van der Waals surface area contributed by atoms with E-state index >= 15 is 0 Å². The predicted octanol–water partition coefficient (Wildman–Crippen LogP) is 0.768. The summed E-state index contributed by atoms with van der Waals surface area (Å²) in [6.07, 6.45) is 2.24. The van der Waals surface area contributed by atoms with Gasteiger partial charge in [0.25, 0.3) is 0 Å². The molecular formula is C7H12N2OS. The summed E-state index contributed by atoms with van der Waals surface area (Å²) in [5, 5.41) is 11.0. The molecule has 1 unspecified atom stereocenters. The molecule has 3 nitrogen and oxygen atoms in total. The van der Waals surface area contributed by atoms with Crippen molar-refractivity contribution in [3.63, 3.8) is 0 Å². The van der Waals surface area contributed by atoms with Crippen LogP contribution in [0.2, 0.25) is 0 Å². The number of nitrogens with one attached hydrogen (secondary N) is 1. The molecule has 0 radical (unpaired) electrons. The first kappa shape index (κ1) is 10.3. The Morgan fingerprint density at radius 1 is 1.82 bits per heavy atom. The van der Waals surface area contributed by atoms with Crippen molar-refractivity contribution in [1.29, 1.82) is 5.26 Å². The van der Waals surface area contributed by atoms with E-state index in [1.165, 1.54) is 11.8 Å². The van der Waals surface area contributed by atoms with E-state index in [4.69, 9.17) is 5.26 Å². The number of hydrogen-bond donors (Lipinski definition) is 1. The number of carbonyl (C=O) groups is 1. The van der Waals surface area contributed by atoms with E-state index in [0.717, 1.165) is 0 Å². The lowest BCUT2D eigenvalue weighted by Crippen LogP contribution is -2.33. The van der Waals surface area contributed by atoms with Crippen LogP contribution in [0.5, 0.6) is 0 Å². The molecule has 4 heteroatoms. The van der Waals surface area contributed by atoms with Gasteiger partial charge in [-0.05, 0) is 13.2 Å². The number of carbonyl (C=O) groups excluding carboxylic acids is 1. The van der Waals surface area contributed by atoms with Crippen molar-refractivity contribution >= 4 is 17.7 Å². The molecule has 1 amide bonds. The molecular weight excluding hydrogens is 160 g/mol. The van der Waals surface area contributed by atoms with Gasteiger partial charge in [0.15, 0.2) is 0 Å². The van der Waals surface area contributed by atoms with E-state index in [-0.39, 0.29) is 11.9 Å². The summed E-state index contributed by atoms with van der Waals surface area (Å²) in [4.78, 5) is 10.9. The summed E-state index contributed by atoms with van der Waals surface area (Å²) >= 11 is 1.47. The van der Waals surface area contributed by atoms with Gasteiger partial charge in [0, 0.05) is 6.04 Å². The van der Waals surface area contributed by atoms with E-state index in [1.807, 2.05) is 19.2 Å². The Balaban J connectivity index is 3.50. The molecule has 0 rings (SSSR count). The van der Waals surface area contributed by atoms with E-state index in [1.54, 1.807) is 0 Å². The minimum absolute atomic E-state index is 0.000231. The highest BCUT2D eigenvalue weighted by Gasteiger charge is 2.04. The van der Waals surface area contributed by atoms with Crippen LogP contribution in [-0.4, -0.2) is 24.0 Å². The van der Waals surface area contributed by atoms with E-state index < -0.39 is 0 Å². The number of rotatable bonds is 4. The fourth-order valence-electron chi connectivity index (χ4n) is 0.636. The molecule has 62 valence electrons. The number of hydrogen-bond acceptors (Lipinski definition) is 3. The fraction of sp³-hybridized carbons (Fsp3) is 0.714. The van der Waals surface area contributed by atoms with Gasteiger partial charge >= 0.3 is 0 Å². The molecule has 0 aliphatic rings. The van der Waals surface area contributed by atoms with Gasteiger partial charge in [0.1, 0.15) is 0 Å². The van der Waals surface area contributed by atoms with Gasteiger partial charge in [0.2, 0.25) is 5.91 Å². The van der Waals surface area contributed by atoms with Crippen LogP contribution >= 0.6 is 11.8 Å². The molecule has 0 spiro atoms. The van der Waals surface area contributed by atoms with Crippen molar-refractivity contribution in [1.82, 2.24) is 5.32 Å². The summed E-state index contributed by atoms with van der Waals surface area (Å²) in [6, 6.07) is 1.97. The second-order valence-corrected chi connectivity index (χ2v) is 3.13. The van der Waals surface area contributed by atoms with Gasteiger partial charge < -0.3 is 5.32 Å². The van der Waals surface area contributed by atoms with Crippen molar-refractivity contribution in [2.75, 3.05) is 12.0 Å². The van der Waals surface area contributed by atoms with Gasteiger partial charge in [-0.25, -0.2) is 0 Å². The highest BCUT2D eigenvalue weighted by atomic mass is 32.2. The molecule has 11 heavy (non-hydrogen) atoms. The van der Waals surface area contributed by atoms with Gasteiger partial charge in [-0.3, -0.25) is 4.79 Å². The lowest BCUT2D eigenvalue weighted by Gasteiger charge is -2.08. The fourth-order valence-corrected chi connectivity index (χ4v) is 0.981. The normalized spacial score (nSPS) is 11.7. The predicted molar refractivity (Wildman–Crippen MR) is 46.2 cm³/mol. The van der Waals surface area contributed by atoms with Crippen LogP contribution in [0.15, 0.2) is 0 Å². The maximum absolute atomic E-state index is 10.9. The van der Waals surface area contributed by atoms with E-state index in [0.29, 0.717) is 12.2 Å². The van der Waals surface area contributed by atoms with Gasteiger partial charge in [-0.2, -0.15) is 17.0 Å². The van der Waals surface area contributed by atoms with Crippen LogP contribution in [-0.2, 0) is 4.79 Å². The monoisotopic (exact) mass is 172 g/mol. The van der Waals surface area contributed by atoms with Crippen molar-refractivity contribution in [2.24, 2.45) is 0 Å². The average Bonchev–Trinajstić information content (AvgIpc) is 1.87. The van der Waals surface area contributed by atoms with E-state index in [2.05, 4.69) is 5.32 Å². The summed E-state index contributed by atoms with van der Waals surface area (Å²) in [6.45, 7) is 1.82. The molecule has 0 heterocycles. The Hall–Kier alpha value is -0.690. The first-order valence-corrected chi connectivity index (χ1v) is 4.75.